The molecule has 88 valence electrons. The van der Waals surface area contributed by atoms with Crippen molar-refractivity contribution in [3.63, 3.8) is 0 Å². The summed E-state index contributed by atoms with van der Waals surface area (Å²) in [5, 5.41) is 2.45. The third-order valence-corrected chi connectivity index (χ3v) is 1.80. The number of hydrogen-bond donors (Lipinski definition) is 2. The number of carbonyl (C=O) groups is 1. The molecule has 1 aromatic heterocycles. The second-order valence-electron chi connectivity index (χ2n) is 2.72. The normalized spacial score (nSPS) is 8.81. The lowest BCUT2D eigenvalue weighted by molar-refractivity contribution is 0.186. The summed E-state index contributed by atoms with van der Waals surface area (Å²) in [4.78, 5) is 17.9. The molecule has 0 radical (unpaired) electrons. The average Bonchev–Trinajstić information content (AvgIpc) is 2.59. The van der Waals surface area contributed by atoms with Gasteiger partial charge in [-0.3, -0.25) is 5.32 Å². The van der Waals surface area contributed by atoms with Gasteiger partial charge in [-0.25, -0.2) is 9.78 Å². The van der Waals surface area contributed by atoms with Crippen molar-refractivity contribution >= 4 is 23.1 Å². The van der Waals surface area contributed by atoms with Crippen molar-refractivity contribution in [2.24, 2.45) is 0 Å². The minimum Gasteiger partial charge on any atom is -0.453 e. The Kier molecular flexibility index (Phi) is 4.93. The summed E-state index contributed by atoms with van der Waals surface area (Å²) in [5.74, 6) is 0.387. The fourth-order valence-electron chi connectivity index (χ4n) is 1.16. The largest absolute Gasteiger partial charge is 0.453 e. The number of aromatic nitrogens is 2. The Labute approximate surface area is 91.1 Å². The van der Waals surface area contributed by atoms with Gasteiger partial charge in [-0.2, -0.15) is 0 Å². The Balaban J connectivity index is 0.00000112. The summed E-state index contributed by atoms with van der Waals surface area (Å²) in [5.41, 5.74) is 1.68. The third kappa shape index (κ3) is 2.69. The van der Waals surface area contributed by atoms with Gasteiger partial charge in [0.1, 0.15) is 0 Å². The third-order valence-electron chi connectivity index (χ3n) is 1.80. The van der Waals surface area contributed by atoms with Crippen molar-refractivity contribution in [1.29, 1.82) is 0 Å². The number of anilines is 1. The molecular formula is C9H13N3O4. The van der Waals surface area contributed by atoms with Gasteiger partial charge in [0, 0.05) is 0 Å². The van der Waals surface area contributed by atoms with Gasteiger partial charge in [-0.15, -0.1) is 0 Å². The zero-order valence-corrected chi connectivity index (χ0v) is 8.57. The summed E-state index contributed by atoms with van der Waals surface area (Å²) in [6, 6.07) is 7.51. The Morgan fingerprint density at radius 3 is 2.69 bits per heavy atom. The van der Waals surface area contributed by atoms with Crippen LogP contribution in [0.5, 0.6) is 0 Å². The van der Waals surface area contributed by atoms with E-state index in [-0.39, 0.29) is 11.0 Å². The van der Waals surface area contributed by atoms with Crippen molar-refractivity contribution in [2.45, 2.75) is 0 Å². The predicted octanol–water partition coefficient (Wildman–Crippen LogP) is 0.0918. The molecular weight excluding hydrogens is 214 g/mol. The first-order valence-corrected chi connectivity index (χ1v) is 4.09. The maximum atomic E-state index is 10.9. The fourth-order valence-corrected chi connectivity index (χ4v) is 1.16. The molecule has 16 heavy (non-hydrogen) atoms. The van der Waals surface area contributed by atoms with Gasteiger partial charge >= 0.3 is 6.09 Å². The lowest BCUT2D eigenvalue weighted by atomic mass is 10.3. The number of nitrogens with zero attached hydrogens (tertiary/aromatic N) is 1. The Morgan fingerprint density at radius 2 is 2.06 bits per heavy atom. The van der Waals surface area contributed by atoms with Crippen LogP contribution in [0.15, 0.2) is 24.3 Å². The van der Waals surface area contributed by atoms with Crippen LogP contribution in [0.3, 0.4) is 0 Å². The zero-order valence-electron chi connectivity index (χ0n) is 8.57. The van der Waals surface area contributed by atoms with Crippen LogP contribution in [0.2, 0.25) is 0 Å². The Bertz CT molecular complexity index is 435. The maximum Gasteiger partial charge on any atom is 0.413 e. The van der Waals surface area contributed by atoms with Gasteiger partial charge in [-0.05, 0) is 12.1 Å². The number of aromatic amines is 1. The molecule has 0 aliphatic carbocycles. The smallest absolute Gasteiger partial charge is 0.413 e. The van der Waals surface area contributed by atoms with Gasteiger partial charge in [0.25, 0.3) is 0 Å². The molecule has 1 aromatic carbocycles. The number of amides is 1. The monoisotopic (exact) mass is 227 g/mol. The number of H-pyrrole nitrogens is 1. The number of ether oxygens (including phenoxy) is 1. The van der Waals surface area contributed by atoms with Crippen LogP contribution in [0.25, 0.3) is 11.0 Å². The van der Waals surface area contributed by atoms with E-state index < -0.39 is 6.09 Å². The summed E-state index contributed by atoms with van der Waals surface area (Å²) in [6.45, 7) is 0. The van der Waals surface area contributed by atoms with E-state index in [2.05, 4.69) is 20.0 Å². The van der Waals surface area contributed by atoms with Gasteiger partial charge in [0.05, 0.1) is 18.1 Å². The van der Waals surface area contributed by atoms with E-state index in [1.807, 2.05) is 24.3 Å². The van der Waals surface area contributed by atoms with Crippen LogP contribution in [0, 0.1) is 0 Å². The van der Waals surface area contributed by atoms with Crippen LogP contribution in [-0.2, 0) is 4.74 Å². The molecule has 0 bridgehead atoms. The van der Waals surface area contributed by atoms with E-state index in [0.29, 0.717) is 5.95 Å². The molecule has 0 unspecified atom stereocenters. The van der Waals surface area contributed by atoms with Crippen LogP contribution in [0.4, 0.5) is 10.7 Å². The van der Waals surface area contributed by atoms with E-state index in [0.717, 1.165) is 11.0 Å². The van der Waals surface area contributed by atoms with E-state index in [1.54, 1.807) is 0 Å². The Morgan fingerprint density at radius 1 is 1.38 bits per heavy atom. The molecule has 0 aliphatic heterocycles. The standard InChI is InChI=1S/C9H9N3O2.2H2O/c1-14-9(13)12-8-10-6-4-2-3-5-7(6)11-8;;/h2-5H,1H3,(H2,10,11,12,13);2*1H2. The van der Waals surface area contributed by atoms with E-state index in [9.17, 15) is 4.79 Å². The quantitative estimate of drug-likeness (QED) is 0.715. The molecule has 2 aromatic rings. The summed E-state index contributed by atoms with van der Waals surface area (Å²) in [7, 11) is 1.30. The summed E-state index contributed by atoms with van der Waals surface area (Å²) >= 11 is 0. The lowest BCUT2D eigenvalue weighted by Crippen LogP contribution is -2.11. The SMILES string of the molecule is COC(=O)Nc1nc2ccccc2[nH]1.O.O. The number of hydrogen-bond acceptors (Lipinski definition) is 3. The first-order chi connectivity index (χ1) is 6.79. The van der Waals surface area contributed by atoms with Gasteiger partial charge in [0.15, 0.2) is 0 Å². The molecule has 0 saturated heterocycles. The molecule has 2 rings (SSSR count). The lowest BCUT2D eigenvalue weighted by Gasteiger charge is -1.96. The number of nitrogens with one attached hydrogen (secondary N) is 2. The van der Waals surface area contributed by atoms with Crippen LogP contribution >= 0.6 is 0 Å². The van der Waals surface area contributed by atoms with E-state index in [4.69, 9.17) is 0 Å². The number of imidazole rings is 1. The average molecular weight is 227 g/mol. The number of para-hydroxylation sites is 2. The van der Waals surface area contributed by atoms with Crippen molar-refractivity contribution < 1.29 is 20.5 Å². The van der Waals surface area contributed by atoms with Gasteiger partial charge in [0.2, 0.25) is 5.95 Å². The minimum absolute atomic E-state index is 0. The fraction of sp³-hybridized carbons (Fsp3) is 0.111. The zero-order chi connectivity index (χ0) is 9.97. The molecule has 0 saturated carbocycles. The van der Waals surface area contributed by atoms with Crippen molar-refractivity contribution in [3.8, 4) is 0 Å². The van der Waals surface area contributed by atoms with Crippen molar-refractivity contribution in [2.75, 3.05) is 12.4 Å². The predicted molar refractivity (Wildman–Crippen MR) is 59.3 cm³/mol. The first-order valence-electron chi connectivity index (χ1n) is 4.09. The molecule has 0 spiro atoms. The van der Waals surface area contributed by atoms with Crippen molar-refractivity contribution in [1.82, 2.24) is 9.97 Å². The second-order valence-corrected chi connectivity index (χ2v) is 2.72. The number of fused-ring (bicyclic) bond motifs is 1. The van der Waals surface area contributed by atoms with Crippen molar-refractivity contribution in [3.05, 3.63) is 24.3 Å². The molecule has 0 fully saturated rings. The Hall–Kier alpha value is -2.12. The number of methoxy groups -OCH3 is 1. The second kappa shape index (κ2) is 5.69. The van der Waals surface area contributed by atoms with Gasteiger partial charge < -0.3 is 20.7 Å². The molecule has 7 heteroatoms. The van der Waals surface area contributed by atoms with Gasteiger partial charge in [-0.1, -0.05) is 12.1 Å². The number of benzene rings is 1. The van der Waals surface area contributed by atoms with Crippen LogP contribution in [-0.4, -0.2) is 34.1 Å². The maximum absolute atomic E-state index is 10.9. The molecule has 6 N–H and O–H groups in total. The highest BCUT2D eigenvalue weighted by molar-refractivity contribution is 5.85. The van der Waals surface area contributed by atoms with Crippen LogP contribution < -0.4 is 5.32 Å². The highest BCUT2D eigenvalue weighted by Gasteiger charge is 2.04. The van der Waals surface area contributed by atoms with E-state index >= 15 is 0 Å². The highest BCUT2D eigenvalue weighted by atomic mass is 16.5. The number of carbonyl (C=O) groups excluding carboxylic acids is 1. The molecule has 1 heterocycles. The molecule has 1 amide bonds. The number of rotatable bonds is 1. The highest BCUT2D eigenvalue weighted by Crippen LogP contribution is 2.12. The van der Waals surface area contributed by atoms with Crippen LogP contribution in [0.1, 0.15) is 0 Å². The summed E-state index contributed by atoms with van der Waals surface area (Å²) in [6.07, 6.45) is -0.538. The molecule has 7 nitrogen and oxygen atoms in total. The minimum atomic E-state index is -0.538. The molecule has 0 atom stereocenters. The molecule has 0 aliphatic rings. The topological polar surface area (TPSA) is 130 Å². The van der Waals surface area contributed by atoms with E-state index in [1.165, 1.54) is 7.11 Å². The summed E-state index contributed by atoms with van der Waals surface area (Å²) < 4.78 is 4.44. The first kappa shape index (κ1) is 13.9.